The molecule has 1 fully saturated rings. The molecule has 0 unspecified atom stereocenters. The molecule has 0 spiro atoms. The van der Waals surface area contributed by atoms with Gasteiger partial charge in [0.15, 0.2) is 0 Å². The molecule has 0 bridgehead atoms. The second-order valence-electron chi connectivity index (χ2n) is 6.20. The zero-order valence-corrected chi connectivity index (χ0v) is 13.5. The van der Waals surface area contributed by atoms with Gasteiger partial charge < -0.3 is 10.6 Å². The van der Waals surface area contributed by atoms with Gasteiger partial charge >= 0.3 is 0 Å². The number of hydrogen-bond acceptors (Lipinski definition) is 2. The van der Waals surface area contributed by atoms with Crippen LogP contribution in [0.25, 0.3) is 0 Å². The van der Waals surface area contributed by atoms with Gasteiger partial charge in [-0.1, -0.05) is 51.0 Å². The monoisotopic (exact) mass is 290 g/mol. The van der Waals surface area contributed by atoms with E-state index in [0.717, 1.165) is 18.0 Å². The summed E-state index contributed by atoms with van der Waals surface area (Å²) in [7, 11) is 0. The Labute approximate surface area is 128 Å². The number of anilines is 1. The third-order valence-electron chi connectivity index (χ3n) is 4.19. The minimum atomic E-state index is 0.508. The number of hydrogen-bond donors (Lipinski definition) is 1. The lowest BCUT2D eigenvalue weighted by atomic mass is 10.1. The molecule has 2 N–H and O–H groups in total. The van der Waals surface area contributed by atoms with Crippen molar-refractivity contribution in [1.29, 1.82) is 0 Å². The Morgan fingerprint density at radius 1 is 1.30 bits per heavy atom. The van der Waals surface area contributed by atoms with Gasteiger partial charge in [0.05, 0.1) is 0 Å². The van der Waals surface area contributed by atoms with Crippen LogP contribution < -0.4 is 10.6 Å². The van der Waals surface area contributed by atoms with Crippen molar-refractivity contribution in [3.8, 4) is 0 Å². The lowest BCUT2D eigenvalue weighted by Gasteiger charge is -2.33. The van der Waals surface area contributed by atoms with Gasteiger partial charge in [-0.05, 0) is 37.3 Å². The van der Waals surface area contributed by atoms with Gasteiger partial charge in [-0.2, -0.15) is 0 Å². The first-order valence-electron chi connectivity index (χ1n) is 7.75. The maximum absolute atomic E-state index is 5.91. The topological polar surface area (TPSA) is 29.3 Å². The van der Waals surface area contributed by atoms with Gasteiger partial charge in [0.25, 0.3) is 0 Å². The number of nitrogens with zero attached hydrogens (tertiary/aromatic N) is 1. The fourth-order valence-electron chi connectivity index (χ4n) is 3.05. The quantitative estimate of drug-likeness (QED) is 0.799. The molecule has 1 aliphatic carbocycles. The summed E-state index contributed by atoms with van der Waals surface area (Å²) in [6.45, 7) is 5.67. The molecule has 1 aliphatic rings. The largest absolute Gasteiger partial charge is 0.389 e. The number of para-hydroxylation sites is 1. The molecule has 0 aliphatic heterocycles. The van der Waals surface area contributed by atoms with Crippen molar-refractivity contribution < 1.29 is 0 Å². The molecule has 1 aromatic carbocycles. The Bertz CT molecular complexity index is 450. The predicted molar refractivity (Wildman–Crippen MR) is 91.4 cm³/mol. The van der Waals surface area contributed by atoms with Crippen LogP contribution in [-0.4, -0.2) is 17.6 Å². The first-order valence-corrected chi connectivity index (χ1v) is 8.16. The molecular formula is C17H26N2S. The van der Waals surface area contributed by atoms with Crippen LogP contribution in [0.15, 0.2) is 24.3 Å². The first kappa shape index (κ1) is 15.3. The van der Waals surface area contributed by atoms with Crippen LogP contribution >= 0.6 is 12.2 Å². The van der Waals surface area contributed by atoms with Crippen LogP contribution in [0.1, 0.15) is 51.5 Å². The van der Waals surface area contributed by atoms with Crippen molar-refractivity contribution in [3.05, 3.63) is 29.8 Å². The molecule has 0 heterocycles. The molecule has 0 amide bonds. The van der Waals surface area contributed by atoms with Crippen molar-refractivity contribution >= 4 is 22.9 Å². The fraction of sp³-hybridized carbons (Fsp3) is 0.588. The highest BCUT2D eigenvalue weighted by Crippen LogP contribution is 2.31. The summed E-state index contributed by atoms with van der Waals surface area (Å²) >= 11 is 5.23. The zero-order valence-electron chi connectivity index (χ0n) is 12.6. The smallest absolute Gasteiger partial charge is 0.106 e. The molecule has 0 saturated heterocycles. The Balaban J connectivity index is 2.27. The zero-order chi connectivity index (χ0) is 14.5. The molecule has 0 radical (unpaired) electrons. The lowest BCUT2D eigenvalue weighted by Crippen LogP contribution is -2.36. The minimum Gasteiger partial charge on any atom is -0.389 e. The Hall–Kier alpha value is -1.09. The van der Waals surface area contributed by atoms with Crippen molar-refractivity contribution in [1.82, 2.24) is 0 Å². The van der Waals surface area contributed by atoms with Gasteiger partial charge in [-0.3, -0.25) is 0 Å². The Kier molecular flexibility index (Phi) is 5.41. The third-order valence-corrected chi connectivity index (χ3v) is 4.41. The summed E-state index contributed by atoms with van der Waals surface area (Å²) in [6.07, 6.45) is 6.49. The van der Waals surface area contributed by atoms with E-state index in [1.165, 1.54) is 37.8 Å². The van der Waals surface area contributed by atoms with Crippen LogP contribution in [0.4, 0.5) is 5.69 Å². The highest BCUT2D eigenvalue weighted by atomic mass is 32.1. The molecule has 0 aromatic heterocycles. The molecular weight excluding hydrogens is 264 g/mol. The van der Waals surface area contributed by atoms with E-state index in [4.69, 9.17) is 18.0 Å². The number of nitrogens with two attached hydrogens (primary N) is 1. The second-order valence-corrected chi connectivity index (χ2v) is 6.64. The van der Waals surface area contributed by atoms with Gasteiger partial charge in [-0.15, -0.1) is 0 Å². The first-order chi connectivity index (χ1) is 9.59. The second kappa shape index (κ2) is 7.07. The number of thiocarbonyl (C=S) groups is 1. The van der Waals surface area contributed by atoms with Crippen molar-refractivity contribution in [2.24, 2.45) is 11.7 Å². The summed E-state index contributed by atoms with van der Waals surface area (Å²) in [6, 6.07) is 8.99. The molecule has 2 rings (SSSR count). The molecule has 20 heavy (non-hydrogen) atoms. The molecule has 2 nitrogen and oxygen atoms in total. The maximum atomic E-state index is 5.91. The summed E-state index contributed by atoms with van der Waals surface area (Å²) in [4.78, 5) is 3.06. The van der Waals surface area contributed by atoms with Crippen LogP contribution in [0.2, 0.25) is 0 Å². The molecule has 1 aromatic rings. The normalized spacial score (nSPS) is 15.8. The van der Waals surface area contributed by atoms with E-state index >= 15 is 0 Å². The Morgan fingerprint density at radius 2 is 1.95 bits per heavy atom. The van der Waals surface area contributed by atoms with Crippen LogP contribution in [-0.2, 0) is 0 Å². The van der Waals surface area contributed by atoms with Crippen LogP contribution in [0.5, 0.6) is 0 Å². The minimum absolute atomic E-state index is 0.508. The number of rotatable bonds is 6. The Morgan fingerprint density at radius 3 is 2.55 bits per heavy atom. The van der Waals surface area contributed by atoms with Crippen molar-refractivity contribution in [2.45, 2.75) is 52.0 Å². The van der Waals surface area contributed by atoms with E-state index in [0.29, 0.717) is 11.0 Å². The summed E-state index contributed by atoms with van der Waals surface area (Å²) in [5.74, 6) is 0.718. The maximum Gasteiger partial charge on any atom is 0.106 e. The van der Waals surface area contributed by atoms with Gasteiger partial charge in [0.1, 0.15) is 4.99 Å². The van der Waals surface area contributed by atoms with Gasteiger partial charge in [0.2, 0.25) is 0 Å². The van der Waals surface area contributed by atoms with Crippen molar-refractivity contribution in [3.63, 3.8) is 0 Å². The molecule has 3 heteroatoms. The van der Waals surface area contributed by atoms with E-state index in [1.807, 2.05) is 6.07 Å². The van der Waals surface area contributed by atoms with E-state index in [-0.39, 0.29) is 0 Å². The highest BCUT2D eigenvalue weighted by Gasteiger charge is 2.24. The van der Waals surface area contributed by atoms with Gasteiger partial charge in [-0.25, -0.2) is 0 Å². The van der Waals surface area contributed by atoms with E-state index in [1.54, 1.807) is 0 Å². The third kappa shape index (κ3) is 3.72. The molecule has 1 saturated carbocycles. The van der Waals surface area contributed by atoms with Crippen molar-refractivity contribution in [2.75, 3.05) is 11.4 Å². The van der Waals surface area contributed by atoms with Crippen LogP contribution in [0, 0.1) is 5.92 Å². The SMILES string of the molecule is CC(C)CCN(c1ccccc1C(N)=S)C1CCCC1. The van der Waals surface area contributed by atoms with E-state index < -0.39 is 0 Å². The predicted octanol–water partition coefficient (Wildman–Crippen LogP) is 4.12. The van der Waals surface area contributed by atoms with E-state index in [9.17, 15) is 0 Å². The molecule has 0 atom stereocenters. The average Bonchev–Trinajstić information content (AvgIpc) is 2.93. The average molecular weight is 290 g/mol. The van der Waals surface area contributed by atoms with Gasteiger partial charge in [0, 0.05) is 23.8 Å². The summed E-state index contributed by atoms with van der Waals surface area (Å²) in [5.41, 5.74) is 8.17. The highest BCUT2D eigenvalue weighted by molar-refractivity contribution is 7.80. The lowest BCUT2D eigenvalue weighted by molar-refractivity contribution is 0.528. The number of benzene rings is 1. The summed E-state index contributed by atoms with van der Waals surface area (Å²) < 4.78 is 0. The summed E-state index contributed by atoms with van der Waals surface area (Å²) in [5, 5.41) is 0. The fourth-order valence-corrected chi connectivity index (χ4v) is 3.22. The standard InChI is InChI=1S/C17H26N2S/c1-13(2)11-12-19(14-7-3-4-8-14)16-10-6-5-9-15(16)17(18)20/h5-6,9-10,13-14H,3-4,7-8,11-12H2,1-2H3,(H2,18,20). The van der Waals surface area contributed by atoms with Crippen LogP contribution in [0.3, 0.4) is 0 Å². The van der Waals surface area contributed by atoms with E-state index in [2.05, 4.69) is 36.9 Å². The molecule has 110 valence electrons.